The molecule has 0 heterocycles. The van der Waals surface area contributed by atoms with Crippen molar-refractivity contribution in [3.8, 4) is 0 Å². The smallest absolute Gasteiger partial charge is 0.252 e. The molecule has 20 heavy (non-hydrogen) atoms. The van der Waals surface area contributed by atoms with Gasteiger partial charge >= 0.3 is 0 Å². The van der Waals surface area contributed by atoms with Gasteiger partial charge in [-0.1, -0.05) is 43.0 Å². The molecule has 0 aromatic heterocycles. The van der Waals surface area contributed by atoms with Crippen molar-refractivity contribution >= 4 is 39.1 Å². The number of benzene rings is 1. The van der Waals surface area contributed by atoms with E-state index in [1.165, 1.54) is 0 Å². The van der Waals surface area contributed by atoms with Gasteiger partial charge in [0.25, 0.3) is 5.91 Å². The first-order chi connectivity index (χ1) is 9.27. The summed E-state index contributed by atoms with van der Waals surface area (Å²) in [5.41, 5.74) is -0.000287. The Labute approximate surface area is 128 Å². The van der Waals surface area contributed by atoms with Crippen LogP contribution < -0.4 is 10.5 Å². The molecule has 1 aromatic carbocycles. The Morgan fingerprint density at radius 2 is 1.95 bits per heavy atom. The number of sulfonamides is 1. The standard InChI is InChI=1S/C12H16Cl2N2O3S/c1-2-3-4-5-16-12(17)9-6-8(20(15,18)19)7-10(13)11(9)14/h6-7H,2-5H2,1H3,(H,16,17)(H2,15,18,19). The molecular formula is C12H16Cl2N2O3S. The van der Waals surface area contributed by atoms with Gasteiger partial charge in [0.05, 0.1) is 20.5 Å². The Hall–Kier alpha value is -0.820. The van der Waals surface area contributed by atoms with Crippen LogP contribution in [0.3, 0.4) is 0 Å². The van der Waals surface area contributed by atoms with Gasteiger partial charge in [-0.3, -0.25) is 4.79 Å². The molecule has 0 aliphatic heterocycles. The van der Waals surface area contributed by atoms with Crippen LogP contribution in [0.5, 0.6) is 0 Å². The minimum Gasteiger partial charge on any atom is -0.352 e. The third-order valence-corrected chi connectivity index (χ3v) is 4.34. The average molecular weight is 339 g/mol. The monoisotopic (exact) mass is 338 g/mol. The molecule has 0 aliphatic rings. The molecule has 0 fully saturated rings. The summed E-state index contributed by atoms with van der Waals surface area (Å²) in [5, 5.41) is 7.66. The number of amides is 1. The number of rotatable bonds is 6. The molecule has 0 saturated carbocycles. The average Bonchev–Trinajstić information content (AvgIpc) is 2.36. The number of primary sulfonamides is 1. The van der Waals surface area contributed by atoms with Crippen LogP contribution in [0, 0.1) is 0 Å². The van der Waals surface area contributed by atoms with Crippen molar-refractivity contribution in [3.05, 3.63) is 27.7 Å². The fraction of sp³-hybridized carbons (Fsp3) is 0.417. The Kier molecular flexibility index (Phi) is 6.26. The number of carbonyl (C=O) groups is 1. The van der Waals surface area contributed by atoms with Crippen LogP contribution in [0.4, 0.5) is 0 Å². The first-order valence-corrected chi connectivity index (χ1v) is 8.37. The lowest BCUT2D eigenvalue weighted by Crippen LogP contribution is -2.25. The summed E-state index contributed by atoms with van der Waals surface area (Å²) in [6.07, 6.45) is 2.86. The molecule has 0 radical (unpaired) electrons. The quantitative estimate of drug-likeness (QED) is 0.781. The molecule has 5 nitrogen and oxygen atoms in total. The van der Waals surface area contributed by atoms with Gasteiger partial charge in [0.2, 0.25) is 10.0 Å². The molecule has 0 spiro atoms. The predicted molar refractivity (Wildman–Crippen MR) is 79.7 cm³/mol. The molecular weight excluding hydrogens is 323 g/mol. The maximum Gasteiger partial charge on any atom is 0.252 e. The topological polar surface area (TPSA) is 89.3 Å². The van der Waals surface area contributed by atoms with E-state index in [1.807, 2.05) is 6.92 Å². The van der Waals surface area contributed by atoms with Crippen LogP contribution >= 0.6 is 23.2 Å². The third kappa shape index (κ3) is 4.63. The lowest BCUT2D eigenvalue weighted by atomic mass is 10.2. The van der Waals surface area contributed by atoms with E-state index in [2.05, 4.69) is 5.32 Å². The molecule has 0 aliphatic carbocycles. The highest BCUT2D eigenvalue weighted by molar-refractivity contribution is 7.89. The molecule has 0 atom stereocenters. The van der Waals surface area contributed by atoms with Crippen LogP contribution in [0.15, 0.2) is 17.0 Å². The Bertz CT molecular complexity index is 603. The number of unbranched alkanes of at least 4 members (excludes halogenated alkanes) is 2. The number of nitrogens with two attached hydrogens (primary N) is 1. The lowest BCUT2D eigenvalue weighted by molar-refractivity contribution is 0.0953. The minimum absolute atomic E-state index is 0.000287. The number of nitrogens with one attached hydrogen (secondary N) is 1. The normalized spacial score (nSPS) is 11.4. The van der Waals surface area contributed by atoms with Crippen molar-refractivity contribution in [1.29, 1.82) is 0 Å². The second kappa shape index (κ2) is 7.26. The molecule has 0 bridgehead atoms. The second-order valence-electron chi connectivity index (χ2n) is 4.27. The summed E-state index contributed by atoms with van der Waals surface area (Å²) in [4.78, 5) is 11.7. The Balaban J connectivity index is 2.99. The number of hydrogen-bond acceptors (Lipinski definition) is 3. The van der Waals surface area contributed by atoms with Crippen LogP contribution in [0.2, 0.25) is 10.0 Å². The summed E-state index contributed by atoms with van der Waals surface area (Å²) < 4.78 is 22.6. The van der Waals surface area contributed by atoms with E-state index in [0.29, 0.717) is 6.54 Å². The third-order valence-electron chi connectivity index (χ3n) is 2.64. The van der Waals surface area contributed by atoms with Gasteiger partial charge in [0.15, 0.2) is 0 Å². The zero-order valence-electron chi connectivity index (χ0n) is 10.9. The SMILES string of the molecule is CCCCCNC(=O)c1cc(S(N)(=O)=O)cc(Cl)c1Cl. The van der Waals surface area contributed by atoms with Gasteiger partial charge in [0.1, 0.15) is 0 Å². The molecule has 0 unspecified atom stereocenters. The van der Waals surface area contributed by atoms with E-state index in [9.17, 15) is 13.2 Å². The van der Waals surface area contributed by atoms with Crippen LogP contribution in [0.1, 0.15) is 36.5 Å². The molecule has 112 valence electrons. The maximum absolute atomic E-state index is 12.0. The molecule has 1 aromatic rings. The van der Waals surface area contributed by atoms with Gasteiger partial charge < -0.3 is 5.32 Å². The Morgan fingerprint density at radius 1 is 1.30 bits per heavy atom. The van der Waals surface area contributed by atoms with E-state index in [0.717, 1.165) is 31.4 Å². The molecule has 1 rings (SSSR count). The summed E-state index contributed by atoms with van der Waals surface area (Å²) in [5.74, 6) is -0.474. The van der Waals surface area contributed by atoms with Crippen LogP contribution in [-0.4, -0.2) is 20.9 Å². The predicted octanol–water partition coefficient (Wildman–Crippen LogP) is 2.56. The second-order valence-corrected chi connectivity index (χ2v) is 6.62. The van der Waals surface area contributed by atoms with Gasteiger partial charge in [-0.2, -0.15) is 0 Å². The zero-order valence-corrected chi connectivity index (χ0v) is 13.3. The zero-order chi connectivity index (χ0) is 15.3. The van der Waals surface area contributed by atoms with E-state index < -0.39 is 15.9 Å². The first-order valence-electron chi connectivity index (χ1n) is 6.07. The van der Waals surface area contributed by atoms with Crippen molar-refractivity contribution in [2.24, 2.45) is 5.14 Å². The fourth-order valence-electron chi connectivity index (χ4n) is 1.57. The molecule has 8 heteroatoms. The summed E-state index contributed by atoms with van der Waals surface area (Å²) >= 11 is 11.7. The van der Waals surface area contributed by atoms with Gasteiger partial charge in [0, 0.05) is 6.54 Å². The largest absolute Gasteiger partial charge is 0.352 e. The number of halogens is 2. The van der Waals surface area contributed by atoms with Crippen molar-refractivity contribution in [3.63, 3.8) is 0 Å². The highest BCUT2D eigenvalue weighted by atomic mass is 35.5. The summed E-state index contributed by atoms with van der Waals surface area (Å²) in [6.45, 7) is 2.54. The number of carbonyl (C=O) groups excluding carboxylic acids is 1. The number of hydrogen-bond donors (Lipinski definition) is 2. The van der Waals surface area contributed by atoms with E-state index in [4.69, 9.17) is 28.3 Å². The first kappa shape index (κ1) is 17.2. The minimum atomic E-state index is -3.95. The van der Waals surface area contributed by atoms with Crippen molar-refractivity contribution in [2.45, 2.75) is 31.1 Å². The molecule has 3 N–H and O–H groups in total. The summed E-state index contributed by atoms with van der Waals surface area (Å²) in [6, 6.07) is 2.24. The Morgan fingerprint density at radius 3 is 2.50 bits per heavy atom. The van der Waals surface area contributed by atoms with Crippen molar-refractivity contribution in [2.75, 3.05) is 6.54 Å². The van der Waals surface area contributed by atoms with Gasteiger partial charge in [-0.25, -0.2) is 13.6 Å². The van der Waals surface area contributed by atoms with Crippen LogP contribution in [0.25, 0.3) is 0 Å². The molecule has 0 saturated heterocycles. The van der Waals surface area contributed by atoms with Gasteiger partial charge in [-0.15, -0.1) is 0 Å². The highest BCUT2D eigenvalue weighted by Gasteiger charge is 2.18. The van der Waals surface area contributed by atoms with E-state index in [1.54, 1.807) is 0 Å². The van der Waals surface area contributed by atoms with Crippen molar-refractivity contribution in [1.82, 2.24) is 5.32 Å². The fourth-order valence-corrected chi connectivity index (χ4v) is 2.61. The van der Waals surface area contributed by atoms with Crippen LogP contribution in [-0.2, 0) is 10.0 Å². The van der Waals surface area contributed by atoms with E-state index >= 15 is 0 Å². The lowest BCUT2D eigenvalue weighted by Gasteiger charge is -2.09. The van der Waals surface area contributed by atoms with Crippen molar-refractivity contribution < 1.29 is 13.2 Å². The molecule has 1 amide bonds. The van der Waals surface area contributed by atoms with E-state index in [-0.39, 0.29) is 20.5 Å². The summed E-state index contributed by atoms with van der Waals surface area (Å²) in [7, 11) is -3.95. The maximum atomic E-state index is 12.0. The highest BCUT2D eigenvalue weighted by Crippen LogP contribution is 2.29. The van der Waals surface area contributed by atoms with Gasteiger partial charge in [-0.05, 0) is 18.6 Å².